The molecule has 0 saturated heterocycles. The van der Waals surface area contributed by atoms with Gasteiger partial charge in [0, 0.05) is 42.6 Å². The Balaban J connectivity index is 1.51. The van der Waals surface area contributed by atoms with E-state index in [1.807, 2.05) is 23.1 Å². The topological polar surface area (TPSA) is 104 Å². The summed E-state index contributed by atoms with van der Waals surface area (Å²) < 4.78 is 21.7. The molecular formula is C30H35N3O6. The monoisotopic (exact) mass is 533 g/mol. The average molecular weight is 534 g/mol. The summed E-state index contributed by atoms with van der Waals surface area (Å²) in [6, 6.07) is 16.1. The van der Waals surface area contributed by atoms with E-state index in [4.69, 9.17) is 24.7 Å². The van der Waals surface area contributed by atoms with E-state index in [0.717, 1.165) is 11.1 Å². The van der Waals surface area contributed by atoms with Gasteiger partial charge in [-0.2, -0.15) is 0 Å². The van der Waals surface area contributed by atoms with Gasteiger partial charge in [0.25, 0.3) is 5.91 Å². The fourth-order valence-electron chi connectivity index (χ4n) is 4.79. The molecule has 9 nitrogen and oxygen atoms in total. The zero-order valence-corrected chi connectivity index (χ0v) is 22.9. The molecule has 4 rings (SSSR count). The second-order valence-corrected chi connectivity index (χ2v) is 9.26. The first kappa shape index (κ1) is 27.6. The van der Waals surface area contributed by atoms with Crippen molar-refractivity contribution in [1.29, 1.82) is 0 Å². The van der Waals surface area contributed by atoms with Gasteiger partial charge in [0.1, 0.15) is 0 Å². The van der Waals surface area contributed by atoms with Gasteiger partial charge >= 0.3 is 0 Å². The molecule has 39 heavy (non-hydrogen) atoms. The highest BCUT2D eigenvalue weighted by atomic mass is 16.5. The number of nitrogens with two attached hydrogens (primary N) is 1. The van der Waals surface area contributed by atoms with Crippen molar-refractivity contribution in [2.24, 2.45) is 0 Å². The Morgan fingerprint density at radius 1 is 0.846 bits per heavy atom. The van der Waals surface area contributed by atoms with Crippen LogP contribution in [0.1, 0.15) is 27.9 Å². The summed E-state index contributed by atoms with van der Waals surface area (Å²) in [5.74, 6) is 2.24. The lowest BCUT2D eigenvalue weighted by Crippen LogP contribution is -2.37. The van der Waals surface area contributed by atoms with Crippen molar-refractivity contribution < 1.29 is 28.5 Å². The summed E-state index contributed by atoms with van der Waals surface area (Å²) in [4.78, 5) is 30.3. The van der Waals surface area contributed by atoms with Crippen LogP contribution in [0.4, 0.5) is 11.4 Å². The molecule has 0 atom stereocenters. The summed E-state index contributed by atoms with van der Waals surface area (Å²) in [6.07, 6.45) is 1.59. The van der Waals surface area contributed by atoms with Crippen LogP contribution >= 0.6 is 0 Å². The summed E-state index contributed by atoms with van der Waals surface area (Å²) in [6.45, 7) is 1.50. The van der Waals surface area contributed by atoms with Gasteiger partial charge in [-0.15, -0.1) is 0 Å². The van der Waals surface area contributed by atoms with Crippen LogP contribution in [0.5, 0.6) is 23.0 Å². The van der Waals surface area contributed by atoms with Crippen molar-refractivity contribution in [1.82, 2.24) is 4.90 Å². The molecule has 1 aliphatic rings. The SMILES string of the molecule is COc1ccc(N(CCCN2CCc3cc(OC)c(OC)cc3CC2=O)C(=O)c2ccc(N)cc2)cc1OC. The van der Waals surface area contributed by atoms with Crippen LogP contribution in [0.25, 0.3) is 0 Å². The number of rotatable bonds is 10. The van der Waals surface area contributed by atoms with E-state index < -0.39 is 0 Å². The molecule has 2 N–H and O–H groups in total. The maximum absolute atomic E-state index is 13.6. The number of carbonyl (C=O) groups is 2. The van der Waals surface area contributed by atoms with Gasteiger partial charge in [-0.25, -0.2) is 0 Å². The van der Waals surface area contributed by atoms with Gasteiger partial charge in [0.2, 0.25) is 5.91 Å². The van der Waals surface area contributed by atoms with Gasteiger partial charge in [-0.1, -0.05) is 0 Å². The van der Waals surface area contributed by atoms with E-state index in [1.54, 1.807) is 69.7 Å². The van der Waals surface area contributed by atoms with E-state index in [1.165, 1.54) is 0 Å². The van der Waals surface area contributed by atoms with Crippen molar-refractivity contribution in [3.8, 4) is 23.0 Å². The lowest BCUT2D eigenvalue weighted by molar-refractivity contribution is -0.130. The molecule has 2 amide bonds. The van der Waals surface area contributed by atoms with Gasteiger partial charge in [-0.05, 0) is 72.5 Å². The van der Waals surface area contributed by atoms with Crippen LogP contribution in [0.2, 0.25) is 0 Å². The third-order valence-corrected chi connectivity index (χ3v) is 6.94. The molecule has 0 fully saturated rings. The van der Waals surface area contributed by atoms with Crippen LogP contribution in [0.15, 0.2) is 54.6 Å². The molecule has 0 spiro atoms. The van der Waals surface area contributed by atoms with Crippen molar-refractivity contribution in [3.05, 3.63) is 71.3 Å². The average Bonchev–Trinajstić information content (AvgIpc) is 3.11. The van der Waals surface area contributed by atoms with Crippen molar-refractivity contribution in [2.75, 3.05) is 58.7 Å². The zero-order valence-electron chi connectivity index (χ0n) is 22.9. The first-order valence-corrected chi connectivity index (χ1v) is 12.8. The van der Waals surface area contributed by atoms with Crippen LogP contribution < -0.4 is 29.6 Å². The number of nitrogen functional groups attached to an aromatic ring is 1. The van der Waals surface area contributed by atoms with Crippen LogP contribution in [0.3, 0.4) is 0 Å². The Kier molecular flexibility index (Phi) is 8.81. The second kappa shape index (κ2) is 12.4. The number of amides is 2. The van der Waals surface area contributed by atoms with Gasteiger partial charge in [0.15, 0.2) is 23.0 Å². The molecule has 3 aromatic carbocycles. The van der Waals surface area contributed by atoms with E-state index in [9.17, 15) is 9.59 Å². The molecule has 1 heterocycles. The highest BCUT2D eigenvalue weighted by Crippen LogP contribution is 2.34. The zero-order chi connectivity index (χ0) is 27.9. The summed E-state index contributed by atoms with van der Waals surface area (Å²) in [7, 11) is 6.32. The number of anilines is 2. The molecule has 0 aromatic heterocycles. The predicted molar refractivity (Wildman–Crippen MR) is 150 cm³/mol. The maximum atomic E-state index is 13.6. The number of methoxy groups -OCH3 is 4. The van der Waals surface area contributed by atoms with Gasteiger partial charge in [-0.3, -0.25) is 9.59 Å². The third kappa shape index (κ3) is 6.19. The van der Waals surface area contributed by atoms with E-state index in [-0.39, 0.29) is 11.8 Å². The Bertz CT molecular complexity index is 1330. The van der Waals surface area contributed by atoms with E-state index in [2.05, 4.69) is 0 Å². The number of fused-ring (bicyclic) bond motifs is 1. The normalized spacial score (nSPS) is 12.8. The number of ether oxygens (including phenoxy) is 4. The summed E-state index contributed by atoms with van der Waals surface area (Å²) in [5, 5.41) is 0. The van der Waals surface area contributed by atoms with E-state index in [0.29, 0.717) is 78.8 Å². The molecular weight excluding hydrogens is 498 g/mol. The van der Waals surface area contributed by atoms with Crippen molar-refractivity contribution >= 4 is 23.2 Å². The van der Waals surface area contributed by atoms with Gasteiger partial charge < -0.3 is 34.5 Å². The molecule has 1 aliphatic heterocycles. The summed E-state index contributed by atoms with van der Waals surface area (Å²) >= 11 is 0. The van der Waals surface area contributed by atoms with Gasteiger partial charge in [0.05, 0.1) is 34.9 Å². The molecule has 0 radical (unpaired) electrons. The fourth-order valence-corrected chi connectivity index (χ4v) is 4.79. The van der Waals surface area contributed by atoms with Crippen molar-refractivity contribution in [2.45, 2.75) is 19.3 Å². The smallest absolute Gasteiger partial charge is 0.258 e. The minimum atomic E-state index is -0.170. The van der Waals surface area contributed by atoms with Crippen molar-refractivity contribution in [3.63, 3.8) is 0 Å². The minimum absolute atomic E-state index is 0.0449. The number of hydrogen-bond donors (Lipinski definition) is 1. The quantitative estimate of drug-likeness (QED) is 0.394. The first-order chi connectivity index (χ1) is 18.9. The highest BCUT2D eigenvalue weighted by Gasteiger charge is 2.24. The molecule has 0 bridgehead atoms. The number of hydrogen-bond acceptors (Lipinski definition) is 7. The van der Waals surface area contributed by atoms with E-state index >= 15 is 0 Å². The molecule has 0 saturated carbocycles. The first-order valence-electron chi connectivity index (χ1n) is 12.8. The van der Waals surface area contributed by atoms with Crippen LogP contribution in [-0.4, -0.2) is 64.8 Å². The van der Waals surface area contributed by atoms with Crippen LogP contribution in [0, 0.1) is 0 Å². The second-order valence-electron chi connectivity index (χ2n) is 9.26. The largest absolute Gasteiger partial charge is 0.493 e. The number of carbonyl (C=O) groups excluding carboxylic acids is 2. The molecule has 0 unspecified atom stereocenters. The molecule has 206 valence electrons. The Morgan fingerprint density at radius 2 is 1.46 bits per heavy atom. The minimum Gasteiger partial charge on any atom is -0.493 e. The lowest BCUT2D eigenvalue weighted by atomic mass is 10.0. The third-order valence-electron chi connectivity index (χ3n) is 6.94. The fraction of sp³-hybridized carbons (Fsp3) is 0.333. The number of benzene rings is 3. The molecule has 9 heteroatoms. The Hall–Kier alpha value is -4.40. The highest BCUT2D eigenvalue weighted by molar-refractivity contribution is 6.06. The standard InChI is InChI=1S/C30H35N3O6/c1-36-25-11-10-24(19-28(25)39-4)33(30(35)20-6-8-23(31)9-7-20)14-5-13-32-15-12-21-16-26(37-2)27(38-3)17-22(21)18-29(32)34/h6-11,16-17,19H,5,12-15,18,31H2,1-4H3. The lowest BCUT2D eigenvalue weighted by Gasteiger charge is -2.26. The van der Waals surface area contributed by atoms with Crippen LogP contribution in [-0.2, 0) is 17.6 Å². The maximum Gasteiger partial charge on any atom is 0.258 e. The Morgan fingerprint density at radius 3 is 2.10 bits per heavy atom. The Labute approximate surface area is 229 Å². The summed E-state index contributed by atoms with van der Waals surface area (Å²) in [5.41, 5.74) is 9.63. The number of nitrogens with zero attached hydrogens (tertiary/aromatic N) is 2. The molecule has 3 aromatic rings. The molecule has 0 aliphatic carbocycles. The predicted octanol–water partition coefficient (Wildman–Crippen LogP) is 3.97.